The molecule has 2 heterocycles. The molecular weight excluding hydrogens is 384 g/mol. The molecule has 7 heteroatoms. The molecule has 4 aromatic rings. The molecule has 0 aliphatic heterocycles. The van der Waals surface area contributed by atoms with Crippen LogP contribution in [0.3, 0.4) is 0 Å². The van der Waals surface area contributed by atoms with Crippen molar-refractivity contribution in [2.75, 3.05) is 0 Å². The van der Waals surface area contributed by atoms with Crippen molar-refractivity contribution >= 4 is 22.7 Å². The Balaban J connectivity index is 1.60. The third-order valence-corrected chi connectivity index (χ3v) is 6.24. The van der Waals surface area contributed by atoms with Gasteiger partial charge in [0.2, 0.25) is 5.89 Å². The largest absolute Gasteiger partial charge is 0.339 e. The minimum absolute atomic E-state index is 0.0708. The van der Waals surface area contributed by atoms with Crippen LogP contribution in [0.15, 0.2) is 56.9 Å². The molecule has 1 aliphatic rings. The van der Waals surface area contributed by atoms with E-state index in [0.29, 0.717) is 33.6 Å². The van der Waals surface area contributed by atoms with Crippen molar-refractivity contribution in [2.24, 2.45) is 0 Å². The average Bonchev–Trinajstić information content (AvgIpc) is 3.47. The fourth-order valence-electron chi connectivity index (χ4n) is 3.35. The fraction of sp³-hybridized carbons (Fsp3) is 0.273. The highest BCUT2D eigenvalue weighted by Crippen LogP contribution is 2.39. The summed E-state index contributed by atoms with van der Waals surface area (Å²) in [4.78, 5) is 22.7. The summed E-state index contributed by atoms with van der Waals surface area (Å²) >= 11 is 1.45. The van der Waals surface area contributed by atoms with E-state index < -0.39 is 0 Å². The molecule has 0 N–H and O–H groups in total. The lowest BCUT2D eigenvalue weighted by Gasteiger charge is -2.16. The van der Waals surface area contributed by atoms with Crippen molar-refractivity contribution in [1.29, 1.82) is 0 Å². The van der Waals surface area contributed by atoms with E-state index in [1.54, 1.807) is 4.57 Å². The van der Waals surface area contributed by atoms with Gasteiger partial charge in [-0.2, -0.15) is 4.98 Å². The maximum absolute atomic E-state index is 13.4. The van der Waals surface area contributed by atoms with Gasteiger partial charge in [0, 0.05) is 5.92 Å². The van der Waals surface area contributed by atoms with Crippen molar-refractivity contribution < 1.29 is 4.52 Å². The molecule has 0 atom stereocenters. The van der Waals surface area contributed by atoms with Gasteiger partial charge in [-0.3, -0.25) is 9.36 Å². The zero-order valence-electron chi connectivity index (χ0n) is 16.3. The smallest absolute Gasteiger partial charge is 0.266 e. The molecule has 2 aromatic carbocycles. The molecule has 5 rings (SSSR count). The fourth-order valence-corrected chi connectivity index (χ4v) is 4.20. The highest BCUT2D eigenvalue weighted by Gasteiger charge is 2.29. The Morgan fingerprint density at radius 2 is 1.93 bits per heavy atom. The standard InChI is InChI=1S/C22H20N4O2S/c1-13-6-5-9-18(14(13)2)26-21(27)16-7-3-4-8-17(16)23-22(26)29-12-19-24-20(28-25-19)15-10-11-15/h3-9,15H,10-12H2,1-2H3. The quantitative estimate of drug-likeness (QED) is 0.359. The Morgan fingerprint density at radius 1 is 1.10 bits per heavy atom. The summed E-state index contributed by atoms with van der Waals surface area (Å²) in [5.41, 5.74) is 3.66. The van der Waals surface area contributed by atoms with Crippen LogP contribution < -0.4 is 5.56 Å². The van der Waals surface area contributed by atoms with Gasteiger partial charge in [0.05, 0.1) is 22.3 Å². The number of nitrogens with zero attached hydrogens (tertiary/aromatic N) is 4. The Labute approximate surface area is 172 Å². The summed E-state index contributed by atoms with van der Waals surface area (Å²) in [5.74, 6) is 2.27. The molecule has 6 nitrogen and oxygen atoms in total. The molecule has 0 amide bonds. The van der Waals surface area contributed by atoms with Crippen molar-refractivity contribution in [2.45, 2.75) is 43.5 Å². The highest BCUT2D eigenvalue weighted by molar-refractivity contribution is 7.98. The summed E-state index contributed by atoms with van der Waals surface area (Å²) in [6.45, 7) is 4.08. The van der Waals surface area contributed by atoms with Crippen LogP contribution in [0.2, 0.25) is 0 Å². The summed E-state index contributed by atoms with van der Waals surface area (Å²) in [5, 5.41) is 5.32. The van der Waals surface area contributed by atoms with E-state index in [-0.39, 0.29) is 5.56 Å². The van der Waals surface area contributed by atoms with Crippen LogP contribution in [-0.4, -0.2) is 19.7 Å². The molecule has 0 saturated heterocycles. The number of fused-ring (bicyclic) bond motifs is 1. The number of aryl methyl sites for hydroxylation is 1. The number of para-hydroxylation sites is 1. The number of thioether (sulfide) groups is 1. The van der Waals surface area contributed by atoms with Crippen LogP contribution >= 0.6 is 11.8 Å². The number of hydrogen-bond acceptors (Lipinski definition) is 6. The molecule has 1 fully saturated rings. The molecular formula is C22H20N4O2S. The van der Waals surface area contributed by atoms with Gasteiger partial charge in [0.15, 0.2) is 11.0 Å². The minimum atomic E-state index is -0.0708. The van der Waals surface area contributed by atoms with Crippen LogP contribution in [0.4, 0.5) is 0 Å². The average molecular weight is 404 g/mol. The first-order valence-corrected chi connectivity index (χ1v) is 10.6. The summed E-state index contributed by atoms with van der Waals surface area (Å²) in [6, 6.07) is 13.4. The van der Waals surface area contributed by atoms with Crippen LogP contribution in [0.1, 0.15) is 41.6 Å². The Morgan fingerprint density at radius 3 is 2.76 bits per heavy atom. The lowest BCUT2D eigenvalue weighted by atomic mass is 10.1. The first-order chi connectivity index (χ1) is 14.1. The van der Waals surface area contributed by atoms with Gasteiger partial charge in [-0.15, -0.1) is 0 Å². The van der Waals surface area contributed by atoms with Crippen LogP contribution in [-0.2, 0) is 5.75 Å². The molecule has 0 bridgehead atoms. The molecule has 1 aliphatic carbocycles. The van der Waals surface area contributed by atoms with Crippen LogP contribution in [0, 0.1) is 13.8 Å². The normalized spacial score (nSPS) is 13.9. The second kappa shape index (κ2) is 7.15. The van der Waals surface area contributed by atoms with Gasteiger partial charge in [-0.25, -0.2) is 4.98 Å². The van der Waals surface area contributed by atoms with Gasteiger partial charge in [-0.1, -0.05) is 41.2 Å². The number of hydrogen-bond donors (Lipinski definition) is 0. The van der Waals surface area contributed by atoms with Crippen molar-refractivity contribution in [3.63, 3.8) is 0 Å². The van der Waals surface area contributed by atoms with Gasteiger partial charge in [-0.05, 0) is 56.0 Å². The van der Waals surface area contributed by atoms with E-state index in [2.05, 4.69) is 10.1 Å². The number of rotatable bonds is 5. The van der Waals surface area contributed by atoms with E-state index >= 15 is 0 Å². The van der Waals surface area contributed by atoms with Crippen LogP contribution in [0.25, 0.3) is 16.6 Å². The van der Waals surface area contributed by atoms with Crippen molar-refractivity contribution in [3.8, 4) is 5.69 Å². The maximum Gasteiger partial charge on any atom is 0.266 e. The lowest BCUT2D eigenvalue weighted by Crippen LogP contribution is -2.22. The Hall–Kier alpha value is -2.93. The zero-order chi connectivity index (χ0) is 20.0. The third-order valence-electron chi connectivity index (χ3n) is 5.30. The number of benzene rings is 2. The van der Waals surface area contributed by atoms with Gasteiger partial charge in [0.25, 0.3) is 5.56 Å². The summed E-state index contributed by atoms with van der Waals surface area (Å²) in [7, 11) is 0. The monoisotopic (exact) mass is 404 g/mol. The molecule has 146 valence electrons. The van der Waals surface area contributed by atoms with E-state index in [9.17, 15) is 4.79 Å². The zero-order valence-corrected chi connectivity index (χ0v) is 17.1. The third kappa shape index (κ3) is 3.35. The summed E-state index contributed by atoms with van der Waals surface area (Å²) in [6.07, 6.45) is 2.24. The van der Waals surface area contributed by atoms with E-state index in [4.69, 9.17) is 9.51 Å². The van der Waals surface area contributed by atoms with E-state index in [1.165, 1.54) is 11.8 Å². The minimum Gasteiger partial charge on any atom is -0.339 e. The SMILES string of the molecule is Cc1cccc(-n2c(SCc3noc(C4CC4)n3)nc3ccccc3c2=O)c1C. The van der Waals surface area contributed by atoms with Gasteiger partial charge in [0.1, 0.15) is 0 Å². The van der Waals surface area contributed by atoms with Crippen molar-refractivity contribution in [1.82, 2.24) is 19.7 Å². The first kappa shape index (κ1) is 18.1. The predicted octanol–water partition coefficient (Wildman–Crippen LogP) is 4.56. The Kier molecular flexibility index (Phi) is 4.47. The molecule has 29 heavy (non-hydrogen) atoms. The summed E-state index contributed by atoms with van der Waals surface area (Å²) < 4.78 is 7.06. The highest BCUT2D eigenvalue weighted by atomic mass is 32.2. The first-order valence-electron chi connectivity index (χ1n) is 9.65. The predicted molar refractivity (Wildman–Crippen MR) is 113 cm³/mol. The van der Waals surface area contributed by atoms with Crippen molar-refractivity contribution in [3.05, 3.63) is 75.7 Å². The molecule has 2 aromatic heterocycles. The second-order valence-corrected chi connectivity index (χ2v) is 8.33. The topological polar surface area (TPSA) is 73.8 Å². The van der Waals surface area contributed by atoms with Crippen LogP contribution in [0.5, 0.6) is 0 Å². The van der Waals surface area contributed by atoms with E-state index in [1.807, 2.05) is 56.3 Å². The molecule has 0 spiro atoms. The van der Waals surface area contributed by atoms with Gasteiger partial charge < -0.3 is 4.52 Å². The van der Waals surface area contributed by atoms with Gasteiger partial charge >= 0.3 is 0 Å². The second-order valence-electron chi connectivity index (χ2n) is 7.38. The number of aromatic nitrogens is 4. The maximum atomic E-state index is 13.4. The Bertz CT molecular complexity index is 1270. The molecule has 0 unspecified atom stereocenters. The van der Waals surface area contributed by atoms with E-state index in [0.717, 1.165) is 35.5 Å². The lowest BCUT2D eigenvalue weighted by molar-refractivity contribution is 0.375. The molecule has 1 saturated carbocycles. The molecule has 0 radical (unpaired) electrons.